The van der Waals surface area contributed by atoms with Gasteiger partial charge in [0, 0.05) is 35.1 Å². The molecule has 6 rings (SSSR count). The molecule has 0 radical (unpaired) electrons. The first kappa shape index (κ1) is 30.9. The number of benzene rings is 3. The van der Waals surface area contributed by atoms with E-state index < -0.39 is 5.97 Å². The molecule has 0 bridgehead atoms. The highest BCUT2D eigenvalue weighted by Crippen LogP contribution is 2.41. The van der Waals surface area contributed by atoms with Gasteiger partial charge in [0.15, 0.2) is 0 Å². The summed E-state index contributed by atoms with van der Waals surface area (Å²) in [6.07, 6.45) is 1.15. The van der Waals surface area contributed by atoms with Gasteiger partial charge in [0.2, 0.25) is 0 Å². The lowest BCUT2D eigenvalue weighted by Gasteiger charge is -2.15. The second kappa shape index (κ2) is 12.7. The first-order valence-electron chi connectivity index (χ1n) is 15.3. The summed E-state index contributed by atoms with van der Waals surface area (Å²) in [4.78, 5) is 13.8. The van der Waals surface area contributed by atoms with Gasteiger partial charge in [-0.2, -0.15) is 5.10 Å². The Bertz CT molecular complexity index is 1900. The zero-order chi connectivity index (χ0) is 31.8. The number of carbonyl (C=O) groups excluding carboxylic acids is 1. The molecule has 45 heavy (non-hydrogen) atoms. The summed E-state index contributed by atoms with van der Waals surface area (Å²) in [7, 11) is 1.85. The fourth-order valence-electron chi connectivity index (χ4n) is 6.48. The summed E-state index contributed by atoms with van der Waals surface area (Å²) in [5, 5.41) is 6.19. The molecule has 0 saturated carbocycles. The van der Waals surface area contributed by atoms with Crippen molar-refractivity contribution in [2.24, 2.45) is 7.05 Å². The molecule has 5 aromatic rings. The molecule has 3 heterocycles. The van der Waals surface area contributed by atoms with E-state index in [1.807, 2.05) is 68.8 Å². The van der Waals surface area contributed by atoms with Gasteiger partial charge in [-0.15, -0.1) is 0 Å². The molecule has 0 aliphatic carbocycles. The van der Waals surface area contributed by atoms with E-state index in [9.17, 15) is 4.79 Å². The highest BCUT2D eigenvalue weighted by atomic mass is 35.5. The lowest BCUT2D eigenvalue weighted by atomic mass is 9.97. The van der Waals surface area contributed by atoms with E-state index >= 15 is 4.39 Å². The maximum absolute atomic E-state index is 16.2. The molecular formula is C36H37ClFN3O4. The van der Waals surface area contributed by atoms with E-state index in [-0.39, 0.29) is 19.0 Å². The molecule has 3 aromatic carbocycles. The number of aryl methyl sites for hydroxylation is 5. The first-order chi connectivity index (χ1) is 21.7. The molecule has 0 fully saturated rings. The summed E-state index contributed by atoms with van der Waals surface area (Å²) < 4.78 is 37.8. The van der Waals surface area contributed by atoms with Gasteiger partial charge < -0.3 is 18.8 Å². The molecule has 9 heteroatoms. The van der Waals surface area contributed by atoms with Crippen LogP contribution in [0.5, 0.6) is 5.75 Å². The van der Waals surface area contributed by atoms with Gasteiger partial charge in [-0.3, -0.25) is 4.68 Å². The van der Waals surface area contributed by atoms with Crippen LogP contribution in [0.3, 0.4) is 0 Å². The lowest BCUT2D eigenvalue weighted by molar-refractivity contribution is 0.0513. The van der Waals surface area contributed by atoms with Crippen LogP contribution in [0.15, 0.2) is 48.5 Å². The van der Waals surface area contributed by atoms with Crippen molar-refractivity contribution in [2.75, 3.05) is 13.2 Å². The molecule has 0 unspecified atom stereocenters. The van der Waals surface area contributed by atoms with Crippen LogP contribution in [0.2, 0.25) is 5.02 Å². The fourth-order valence-corrected chi connectivity index (χ4v) is 6.59. The Hall–Kier alpha value is -4.14. The second-order valence-corrected chi connectivity index (χ2v) is 11.9. The molecule has 234 valence electrons. The van der Waals surface area contributed by atoms with Gasteiger partial charge in [-0.05, 0) is 92.6 Å². The van der Waals surface area contributed by atoms with Crippen molar-refractivity contribution in [1.29, 1.82) is 0 Å². The summed E-state index contributed by atoms with van der Waals surface area (Å²) in [6, 6.07) is 15.1. The minimum atomic E-state index is -0.438. The highest BCUT2D eigenvalue weighted by Gasteiger charge is 2.30. The van der Waals surface area contributed by atoms with E-state index in [2.05, 4.69) is 5.10 Å². The molecule has 0 atom stereocenters. The maximum Gasteiger partial charge on any atom is 0.355 e. The van der Waals surface area contributed by atoms with Gasteiger partial charge in [-0.25, -0.2) is 9.18 Å². The molecule has 1 aliphatic rings. The monoisotopic (exact) mass is 629 g/mol. The third-order valence-corrected chi connectivity index (χ3v) is 9.13. The predicted molar refractivity (Wildman–Crippen MR) is 174 cm³/mol. The van der Waals surface area contributed by atoms with Crippen LogP contribution in [0, 0.1) is 26.6 Å². The van der Waals surface area contributed by atoms with E-state index in [0.29, 0.717) is 60.6 Å². The topological polar surface area (TPSA) is 67.5 Å². The number of nitrogens with zero attached hydrogens (tertiary/aromatic N) is 3. The minimum Gasteiger partial charge on any atom is -0.494 e. The Morgan fingerprint density at radius 3 is 2.51 bits per heavy atom. The molecule has 1 aliphatic heterocycles. The maximum atomic E-state index is 16.2. The largest absolute Gasteiger partial charge is 0.494 e. The zero-order valence-electron chi connectivity index (χ0n) is 26.3. The van der Waals surface area contributed by atoms with Crippen LogP contribution < -0.4 is 4.74 Å². The number of fused-ring (bicyclic) bond motifs is 3. The zero-order valence-corrected chi connectivity index (χ0v) is 27.1. The van der Waals surface area contributed by atoms with Gasteiger partial charge in [0.25, 0.3) is 0 Å². The standard InChI is InChI=1S/C36H37ClFN3O4/c1-6-44-36(42)35-27(12-9-15-45-26-16-21(2)33(37)22(3)17-26)28-13-14-29(38)32-31-23(4)39-40(5)30(31)20-43-19-25-11-8-7-10-24(25)18-41(35)34(28)32/h7-8,10-11,13-14,16-17H,6,9,12,15,18-20H2,1-5H3. The number of aromatic nitrogens is 3. The number of esters is 1. The van der Waals surface area contributed by atoms with Crippen molar-refractivity contribution in [3.05, 3.63) is 104 Å². The first-order valence-corrected chi connectivity index (χ1v) is 15.6. The van der Waals surface area contributed by atoms with Crippen molar-refractivity contribution >= 4 is 28.5 Å². The Morgan fingerprint density at radius 1 is 1.04 bits per heavy atom. The van der Waals surface area contributed by atoms with Crippen LogP contribution in [0.1, 0.15) is 63.0 Å². The molecular weight excluding hydrogens is 593 g/mol. The number of hydrogen-bond acceptors (Lipinski definition) is 5. The second-order valence-electron chi connectivity index (χ2n) is 11.6. The van der Waals surface area contributed by atoms with Crippen molar-refractivity contribution < 1.29 is 23.4 Å². The van der Waals surface area contributed by atoms with Crippen molar-refractivity contribution in [3.8, 4) is 16.9 Å². The van der Waals surface area contributed by atoms with E-state index in [1.165, 1.54) is 6.07 Å². The average Bonchev–Trinajstić information content (AvgIpc) is 3.45. The van der Waals surface area contributed by atoms with Crippen LogP contribution in [0.25, 0.3) is 22.0 Å². The third kappa shape index (κ3) is 5.73. The molecule has 2 aromatic heterocycles. The Balaban J connectivity index is 1.53. The fraction of sp³-hybridized carbons (Fsp3) is 0.333. The smallest absolute Gasteiger partial charge is 0.355 e. The Labute approximate surface area is 267 Å². The summed E-state index contributed by atoms with van der Waals surface area (Å²) in [5.41, 5.74) is 8.33. The molecule has 0 N–H and O–H groups in total. The third-order valence-electron chi connectivity index (χ3n) is 8.53. The van der Waals surface area contributed by atoms with E-state index in [0.717, 1.165) is 49.7 Å². The average molecular weight is 630 g/mol. The molecule has 0 amide bonds. The number of halogens is 2. The highest BCUT2D eigenvalue weighted by molar-refractivity contribution is 6.32. The lowest BCUT2D eigenvalue weighted by Crippen LogP contribution is -2.16. The van der Waals surface area contributed by atoms with Crippen LogP contribution in [-0.2, 0) is 42.7 Å². The van der Waals surface area contributed by atoms with Gasteiger partial charge in [0.05, 0.1) is 43.3 Å². The van der Waals surface area contributed by atoms with Crippen LogP contribution in [0.4, 0.5) is 4.39 Å². The summed E-state index contributed by atoms with van der Waals surface area (Å²) in [6.45, 7) is 9.20. The van der Waals surface area contributed by atoms with Crippen molar-refractivity contribution in [1.82, 2.24) is 14.3 Å². The predicted octanol–water partition coefficient (Wildman–Crippen LogP) is 8.03. The Morgan fingerprint density at radius 2 is 1.78 bits per heavy atom. The number of hydrogen-bond donors (Lipinski definition) is 0. The van der Waals surface area contributed by atoms with Gasteiger partial charge in [-0.1, -0.05) is 35.9 Å². The normalized spacial score (nSPS) is 12.9. The van der Waals surface area contributed by atoms with Gasteiger partial charge in [0.1, 0.15) is 17.3 Å². The number of carbonyl (C=O) groups is 1. The van der Waals surface area contributed by atoms with Crippen molar-refractivity contribution in [2.45, 2.75) is 60.3 Å². The molecule has 0 spiro atoms. The van der Waals surface area contributed by atoms with E-state index in [4.69, 9.17) is 25.8 Å². The molecule has 7 nitrogen and oxygen atoms in total. The van der Waals surface area contributed by atoms with Crippen LogP contribution in [-0.4, -0.2) is 33.5 Å². The SMILES string of the molecule is CCOC(=O)c1c(CCCOc2cc(C)c(Cl)c(C)c2)c2ccc(F)c3c2n1Cc1ccccc1COCc1c-3c(C)nn1C. The molecule has 0 saturated heterocycles. The minimum absolute atomic E-state index is 0.218. The number of rotatable bonds is 7. The number of ether oxygens (including phenoxy) is 3. The quantitative estimate of drug-likeness (QED) is 0.135. The van der Waals surface area contributed by atoms with E-state index in [1.54, 1.807) is 17.7 Å². The van der Waals surface area contributed by atoms with Crippen molar-refractivity contribution in [3.63, 3.8) is 0 Å². The summed E-state index contributed by atoms with van der Waals surface area (Å²) >= 11 is 6.35. The Kier molecular flexibility index (Phi) is 8.71. The van der Waals surface area contributed by atoms with Crippen LogP contribution >= 0.6 is 11.6 Å². The van der Waals surface area contributed by atoms with Gasteiger partial charge >= 0.3 is 5.97 Å². The summed E-state index contributed by atoms with van der Waals surface area (Å²) in [5.74, 6) is -0.0729.